The zero-order valence-electron chi connectivity index (χ0n) is 18.3. The molecule has 0 spiro atoms. The molecule has 3 heterocycles. The maximum atomic E-state index is 12.9. The number of anilines is 2. The standard InChI is InChI=1S/C23H29N5OS/c1-15-7-6-10-24-20(15)27-11-12-28(16(2)14-27)22(29)26-21-25-18-9-8-17(23(3,4)5)13-19(18)30-21/h6-10,13,16H,11-12,14H2,1-5H3,(H,25,26,29). The average Bonchev–Trinajstić information content (AvgIpc) is 3.08. The molecule has 1 unspecified atom stereocenters. The lowest BCUT2D eigenvalue weighted by molar-refractivity contribution is 0.184. The summed E-state index contributed by atoms with van der Waals surface area (Å²) in [7, 11) is 0. The number of aryl methyl sites for hydroxylation is 1. The van der Waals surface area contributed by atoms with Crippen LogP contribution in [0, 0.1) is 6.92 Å². The fourth-order valence-electron chi connectivity index (χ4n) is 3.87. The third kappa shape index (κ3) is 4.12. The van der Waals surface area contributed by atoms with E-state index in [0.29, 0.717) is 11.7 Å². The van der Waals surface area contributed by atoms with E-state index in [-0.39, 0.29) is 17.5 Å². The highest BCUT2D eigenvalue weighted by atomic mass is 32.1. The minimum atomic E-state index is -0.0880. The molecule has 1 aromatic carbocycles. The van der Waals surface area contributed by atoms with Crippen molar-refractivity contribution < 1.29 is 4.79 Å². The fourth-order valence-corrected chi connectivity index (χ4v) is 4.76. The molecule has 7 heteroatoms. The molecule has 2 amide bonds. The van der Waals surface area contributed by atoms with Crippen molar-refractivity contribution in [2.24, 2.45) is 0 Å². The second-order valence-corrected chi connectivity index (χ2v) is 10.0. The highest BCUT2D eigenvalue weighted by Crippen LogP contribution is 2.31. The Kier molecular flexibility index (Phi) is 5.40. The maximum absolute atomic E-state index is 12.9. The van der Waals surface area contributed by atoms with E-state index in [2.05, 4.69) is 73.0 Å². The number of pyridine rings is 1. The normalized spacial score (nSPS) is 17.4. The zero-order chi connectivity index (χ0) is 21.5. The number of urea groups is 1. The lowest BCUT2D eigenvalue weighted by Crippen LogP contribution is -2.55. The predicted octanol–water partition coefficient (Wildman–Crippen LogP) is 5.04. The summed E-state index contributed by atoms with van der Waals surface area (Å²) in [6.07, 6.45) is 1.82. The van der Waals surface area contributed by atoms with E-state index < -0.39 is 0 Å². The van der Waals surface area contributed by atoms with Crippen molar-refractivity contribution in [3.05, 3.63) is 47.7 Å². The van der Waals surface area contributed by atoms with E-state index in [1.165, 1.54) is 16.9 Å². The number of aromatic nitrogens is 2. The minimum Gasteiger partial charge on any atom is -0.353 e. The van der Waals surface area contributed by atoms with Gasteiger partial charge in [-0.15, -0.1) is 0 Å². The highest BCUT2D eigenvalue weighted by Gasteiger charge is 2.29. The first-order chi connectivity index (χ1) is 14.2. The molecule has 0 radical (unpaired) electrons. The zero-order valence-corrected chi connectivity index (χ0v) is 19.1. The summed E-state index contributed by atoms with van der Waals surface area (Å²) in [6.45, 7) is 12.9. The van der Waals surface area contributed by atoms with Gasteiger partial charge < -0.3 is 9.80 Å². The van der Waals surface area contributed by atoms with E-state index in [1.54, 1.807) is 0 Å². The van der Waals surface area contributed by atoms with Gasteiger partial charge in [0.1, 0.15) is 5.82 Å². The molecule has 1 saturated heterocycles. The molecular formula is C23H29N5OS. The molecule has 30 heavy (non-hydrogen) atoms. The number of benzene rings is 1. The predicted molar refractivity (Wildman–Crippen MR) is 125 cm³/mol. The number of piperazine rings is 1. The van der Waals surface area contributed by atoms with Gasteiger partial charge in [-0.1, -0.05) is 44.2 Å². The number of hydrogen-bond acceptors (Lipinski definition) is 5. The first-order valence-electron chi connectivity index (χ1n) is 10.4. The molecule has 1 fully saturated rings. The molecule has 1 N–H and O–H groups in total. The van der Waals surface area contributed by atoms with Crippen LogP contribution < -0.4 is 10.2 Å². The second-order valence-electron chi connectivity index (χ2n) is 9.01. The van der Waals surface area contributed by atoms with Crippen LogP contribution in [-0.4, -0.2) is 46.6 Å². The molecule has 0 aliphatic carbocycles. The monoisotopic (exact) mass is 423 g/mol. The number of carbonyl (C=O) groups excluding carboxylic acids is 1. The second kappa shape index (κ2) is 7.87. The lowest BCUT2D eigenvalue weighted by atomic mass is 9.87. The Morgan fingerprint density at radius 3 is 2.73 bits per heavy atom. The van der Waals surface area contributed by atoms with Gasteiger partial charge in [-0.05, 0) is 48.6 Å². The third-order valence-corrected chi connectivity index (χ3v) is 6.57. The van der Waals surface area contributed by atoms with Gasteiger partial charge in [-0.3, -0.25) is 5.32 Å². The van der Waals surface area contributed by atoms with Crippen LogP contribution in [0.15, 0.2) is 36.5 Å². The highest BCUT2D eigenvalue weighted by molar-refractivity contribution is 7.22. The first-order valence-corrected chi connectivity index (χ1v) is 11.2. The van der Waals surface area contributed by atoms with Crippen molar-refractivity contribution in [2.75, 3.05) is 29.9 Å². The van der Waals surface area contributed by atoms with Crippen molar-refractivity contribution in [2.45, 2.75) is 46.1 Å². The Labute approximate surface area is 181 Å². The Hall–Kier alpha value is -2.67. The minimum absolute atomic E-state index is 0.0852. The molecule has 1 aliphatic rings. The first kappa shape index (κ1) is 20.6. The number of rotatable bonds is 2. The molecule has 2 aromatic heterocycles. The van der Waals surface area contributed by atoms with E-state index in [1.807, 2.05) is 23.2 Å². The summed E-state index contributed by atoms with van der Waals surface area (Å²) in [5.74, 6) is 1.00. The van der Waals surface area contributed by atoms with E-state index in [0.717, 1.165) is 34.7 Å². The van der Waals surface area contributed by atoms with Crippen molar-refractivity contribution in [1.29, 1.82) is 0 Å². The van der Waals surface area contributed by atoms with Crippen LogP contribution in [0.1, 0.15) is 38.8 Å². The summed E-state index contributed by atoms with van der Waals surface area (Å²) in [4.78, 5) is 26.2. The molecule has 0 saturated carbocycles. The van der Waals surface area contributed by atoms with Gasteiger partial charge in [0, 0.05) is 31.9 Å². The molecule has 6 nitrogen and oxygen atoms in total. The maximum Gasteiger partial charge on any atom is 0.324 e. The molecule has 1 atom stereocenters. The number of thiazole rings is 1. The van der Waals surface area contributed by atoms with E-state index >= 15 is 0 Å². The summed E-state index contributed by atoms with van der Waals surface area (Å²) in [5, 5.41) is 3.67. The average molecular weight is 424 g/mol. The SMILES string of the molecule is Cc1cccnc1N1CCN(C(=O)Nc2nc3ccc(C(C)(C)C)cc3s2)C(C)C1. The van der Waals surface area contributed by atoms with E-state index in [4.69, 9.17) is 0 Å². The molecule has 0 bridgehead atoms. The van der Waals surface area contributed by atoms with Crippen LogP contribution in [0.4, 0.5) is 15.7 Å². The Bertz CT molecular complexity index is 1070. The van der Waals surface area contributed by atoms with Crippen LogP contribution in [0.25, 0.3) is 10.2 Å². The molecule has 158 valence electrons. The lowest BCUT2D eigenvalue weighted by Gasteiger charge is -2.40. The number of hydrogen-bond donors (Lipinski definition) is 1. The third-order valence-electron chi connectivity index (χ3n) is 5.64. The van der Waals surface area contributed by atoms with Crippen LogP contribution in [-0.2, 0) is 5.41 Å². The Balaban J connectivity index is 1.45. The number of nitrogens with one attached hydrogen (secondary N) is 1. The van der Waals surface area contributed by atoms with Crippen molar-refractivity contribution in [1.82, 2.24) is 14.9 Å². The van der Waals surface area contributed by atoms with Crippen LogP contribution >= 0.6 is 11.3 Å². The van der Waals surface area contributed by atoms with Gasteiger partial charge in [0.25, 0.3) is 0 Å². The fraction of sp³-hybridized carbons (Fsp3) is 0.435. The van der Waals surface area contributed by atoms with Gasteiger partial charge in [0.05, 0.1) is 10.2 Å². The van der Waals surface area contributed by atoms with Gasteiger partial charge in [-0.25, -0.2) is 14.8 Å². The van der Waals surface area contributed by atoms with Gasteiger partial charge >= 0.3 is 6.03 Å². The molecule has 1 aliphatic heterocycles. The van der Waals surface area contributed by atoms with Gasteiger partial charge in [0.15, 0.2) is 5.13 Å². The summed E-state index contributed by atoms with van der Waals surface area (Å²) in [5.41, 5.74) is 3.44. The van der Waals surface area contributed by atoms with Gasteiger partial charge in [-0.2, -0.15) is 0 Å². The number of fused-ring (bicyclic) bond motifs is 1. The molecule has 3 aromatic rings. The Morgan fingerprint density at radius 2 is 2.03 bits per heavy atom. The quantitative estimate of drug-likeness (QED) is 0.627. The largest absolute Gasteiger partial charge is 0.353 e. The molecular weight excluding hydrogens is 394 g/mol. The number of carbonyl (C=O) groups is 1. The number of amides is 2. The summed E-state index contributed by atoms with van der Waals surface area (Å²) >= 11 is 1.53. The van der Waals surface area contributed by atoms with Crippen molar-refractivity contribution in [3.8, 4) is 0 Å². The van der Waals surface area contributed by atoms with Crippen molar-refractivity contribution in [3.63, 3.8) is 0 Å². The smallest absolute Gasteiger partial charge is 0.324 e. The summed E-state index contributed by atoms with van der Waals surface area (Å²) in [6, 6.07) is 10.4. The number of nitrogens with zero attached hydrogens (tertiary/aromatic N) is 4. The van der Waals surface area contributed by atoms with Crippen LogP contribution in [0.2, 0.25) is 0 Å². The topological polar surface area (TPSA) is 61.4 Å². The summed E-state index contributed by atoms with van der Waals surface area (Å²) < 4.78 is 1.10. The van der Waals surface area contributed by atoms with Crippen molar-refractivity contribution >= 4 is 38.5 Å². The molecule has 4 rings (SSSR count). The van der Waals surface area contributed by atoms with Gasteiger partial charge in [0.2, 0.25) is 0 Å². The van der Waals surface area contributed by atoms with E-state index in [9.17, 15) is 4.79 Å². The van der Waals surface area contributed by atoms with Crippen LogP contribution in [0.5, 0.6) is 0 Å². The van der Waals surface area contributed by atoms with Crippen LogP contribution in [0.3, 0.4) is 0 Å². The Morgan fingerprint density at radius 1 is 1.23 bits per heavy atom.